The van der Waals surface area contributed by atoms with Crippen molar-refractivity contribution in [3.05, 3.63) is 29.8 Å². The predicted molar refractivity (Wildman–Crippen MR) is 88.5 cm³/mol. The van der Waals surface area contributed by atoms with Crippen LogP contribution in [0.3, 0.4) is 0 Å². The van der Waals surface area contributed by atoms with Gasteiger partial charge in [0.1, 0.15) is 5.75 Å². The average Bonchev–Trinajstić information content (AvgIpc) is 2.52. The summed E-state index contributed by atoms with van der Waals surface area (Å²) in [7, 11) is -5.60. The number of alkyl halides is 3. The van der Waals surface area contributed by atoms with Crippen molar-refractivity contribution in [1.82, 2.24) is 0 Å². The van der Waals surface area contributed by atoms with Gasteiger partial charge in [-0.15, -0.1) is 0 Å². The molecule has 0 aromatic heterocycles. The molecule has 3 rings (SSSR count). The molecule has 1 aromatic carbocycles. The molecule has 0 aliphatic heterocycles. The Hall–Kier alpha value is -1.24. The van der Waals surface area contributed by atoms with Crippen molar-refractivity contribution in [1.29, 1.82) is 0 Å². The van der Waals surface area contributed by atoms with Crippen LogP contribution in [0.5, 0.6) is 5.75 Å². The fraction of sp³-hybridized carbons (Fsp3) is 0.667. The highest BCUT2D eigenvalue weighted by Crippen LogP contribution is 2.43. The third-order valence-electron chi connectivity index (χ3n) is 5.48. The highest BCUT2D eigenvalue weighted by atomic mass is 32.2. The molecule has 1 aromatic rings. The summed E-state index contributed by atoms with van der Waals surface area (Å²) >= 11 is 0. The van der Waals surface area contributed by atoms with Gasteiger partial charge in [-0.2, -0.15) is 21.6 Å². The zero-order valence-electron chi connectivity index (χ0n) is 14.0. The Labute approximate surface area is 146 Å². The summed E-state index contributed by atoms with van der Waals surface area (Å²) in [6.07, 6.45) is 9.98. The van der Waals surface area contributed by atoms with Gasteiger partial charge in [0.2, 0.25) is 0 Å². The van der Waals surface area contributed by atoms with E-state index < -0.39 is 15.6 Å². The van der Waals surface area contributed by atoms with Gasteiger partial charge in [0.15, 0.2) is 0 Å². The summed E-state index contributed by atoms with van der Waals surface area (Å²) in [5.74, 6) is 2.17. The Bertz CT molecular complexity index is 671. The Morgan fingerprint density at radius 3 is 2.16 bits per heavy atom. The van der Waals surface area contributed by atoms with Crippen LogP contribution in [0.2, 0.25) is 0 Å². The minimum absolute atomic E-state index is 0.312. The molecule has 25 heavy (non-hydrogen) atoms. The molecule has 0 heterocycles. The van der Waals surface area contributed by atoms with Gasteiger partial charge < -0.3 is 4.18 Å². The second-order valence-corrected chi connectivity index (χ2v) is 8.94. The lowest BCUT2D eigenvalue weighted by atomic mass is 9.67. The molecule has 2 saturated carbocycles. The van der Waals surface area contributed by atoms with E-state index in [1.54, 1.807) is 12.1 Å². The molecule has 3 nitrogen and oxygen atoms in total. The Kier molecular flexibility index (Phi) is 5.32. The van der Waals surface area contributed by atoms with Crippen molar-refractivity contribution in [2.24, 2.45) is 17.8 Å². The van der Waals surface area contributed by atoms with Crippen molar-refractivity contribution < 1.29 is 25.8 Å². The molecule has 7 heteroatoms. The van der Waals surface area contributed by atoms with E-state index in [-0.39, 0.29) is 5.75 Å². The molecule has 0 spiro atoms. The van der Waals surface area contributed by atoms with Crippen LogP contribution in [0.25, 0.3) is 0 Å². The minimum Gasteiger partial charge on any atom is -0.376 e. The third-order valence-corrected chi connectivity index (χ3v) is 6.46. The molecule has 140 valence electrons. The number of hydrogen-bond donors (Lipinski definition) is 0. The summed E-state index contributed by atoms with van der Waals surface area (Å²) in [6.45, 7) is 0. The lowest BCUT2D eigenvalue weighted by Crippen LogP contribution is -2.28. The van der Waals surface area contributed by atoms with E-state index in [9.17, 15) is 21.6 Å². The molecule has 2 bridgehead atoms. The largest absolute Gasteiger partial charge is 0.534 e. The number of hydrogen-bond acceptors (Lipinski definition) is 3. The van der Waals surface area contributed by atoms with Crippen molar-refractivity contribution in [3.8, 4) is 5.75 Å². The topological polar surface area (TPSA) is 43.4 Å². The first-order chi connectivity index (χ1) is 11.7. The van der Waals surface area contributed by atoms with Crippen molar-refractivity contribution in [2.75, 3.05) is 0 Å². The first-order valence-corrected chi connectivity index (χ1v) is 10.2. The van der Waals surface area contributed by atoms with Crippen LogP contribution in [-0.2, 0) is 16.5 Å². The van der Waals surface area contributed by atoms with E-state index in [1.165, 1.54) is 50.7 Å². The molecule has 0 radical (unpaired) electrons. The number of benzene rings is 1. The average molecular weight is 376 g/mol. The Balaban J connectivity index is 1.53. The zero-order chi connectivity index (χ0) is 18.1. The first kappa shape index (κ1) is 18.5. The number of aryl methyl sites for hydroxylation is 1. The van der Waals surface area contributed by atoms with Gasteiger partial charge in [0.05, 0.1) is 0 Å². The Morgan fingerprint density at radius 1 is 1.00 bits per heavy atom. The van der Waals surface area contributed by atoms with Crippen LogP contribution in [0.15, 0.2) is 24.3 Å². The van der Waals surface area contributed by atoms with E-state index in [2.05, 4.69) is 4.18 Å². The van der Waals surface area contributed by atoms with Crippen LogP contribution in [0, 0.1) is 17.8 Å². The summed E-state index contributed by atoms with van der Waals surface area (Å²) in [4.78, 5) is 0. The normalized spacial score (nSPS) is 27.1. The van der Waals surface area contributed by atoms with Crippen molar-refractivity contribution >= 4 is 10.1 Å². The maximum absolute atomic E-state index is 12.3. The van der Waals surface area contributed by atoms with Crippen LogP contribution in [-0.4, -0.2) is 13.9 Å². The Morgan fingerprint density at radius 2 is 1.60 bits per heavy atom. The second kappa shape index (κ2) is 7.17. The molecule has 2 atom stereocenters. The summed E-state index contributed by atoms with van der Waals surface area (Å²) in [5, 5.41) is 0. The molecular formula is C18H23F3O3S. The van der Waals surface area contributed by atoms with Gasteiger partial charge in [-0.25, -0.2) is 0 Å². The second-order valence-electron chi connectivity index (χ2n) is 7.40. The third kappa shape index (κ3) is 4.68. The van der Waals surface area contributed by atoms with Gasteiger partial charge in [-0.3, -0.25) is 0 Å². The van der Waals surface area contributed by atoms with Crippen molar-refractivity contribution in [3.63, 3.8) is 0 Å². The maximum atomic E-state index is 12.3. The monoisotopic (exact) mass is 376 g/mol. The van der Waals surface area contributed by atoms with E-state index >= 15 is 0 Å². The van der Waals surface area contributed by atoms with E-state index in [0.29, 0.717) is 0 Å². The van der Waals surface area contributed by atoms with Crippen LogP contribution in [0.1, 0.15) is 50.5 Å². The minimum atomic E-state index is -5.60. The molecule has 2 aliphatic carbocycles. The lowest BCUT2D eigenvalue weighted by Gasteiger charge is -2.39. The van der Waals surface area contributed by atoms with E-state index in [1.807, 2.05) is 0 Å². The molecular weight excluding hydrogens is 353 g/mol. The molecule has 2 fully saturated rings. The van der Waals surface area contributed by atoms with Crippen LogP contribution in [0.4, 0.5) is 13.2 Å². The predicted octanol–water partition coefficient (Wildman–Crippen LogP) is 5.06. The van der Waals surface area contributed by atoms with Gasteiger partial charge in [0, 0.05) is 0 Å². The van der Waals surface area contributed by atoms with Gasteiger partial charge in [-0.1, -0.05) is 31.4 Å². The van der Waals surface area contributed by atoms with Crippen LogP contribution >= 0.6 is 0 Å². The van der Waals surface area contributed by atoms with Gasteiger partial charge in [-0.05, 0) is 67.6 Å². The molecule has 0 N–H and O–H groups in total. The van der Waals surface area contributed by atoms with E-state index in [4.69, 9.17) is 0 Å². The fourth-order valence-electron chi connectivity index (χ4n) is 4.36. The smallest absolute Gasteiger partial charge is 0.376 e. The summed E-state index contributed by atoms with van der Waals surface area (Å²) < 4.78 is 63.0. The van der Waals surface area contributed by atoms with Crippen LogP contribution < -0.4 is 4.18 Å². The molecule has 2 aliphatic rings. The van der Waals surface area contributed by atoms with Crippen molar-refractivity contribution in [2.45, 2.75) is 56.9 Å². The quantitative estimate of drug-likeness (QED) is 0.533. The molecule has 2 unspecified atom stereocenters. The maximum Gasteiger partial charge on any atom is 0.534 e. The highest BCUT2D eigenvalue weighted by Gasteiger charge is 2.48. The SMILES string of the molecule is O=S(=O)(Oc1ccc(CCC2CC3CCCC(C3)C2)cc1)C(F)(F)F. The standard InChI is InChI=1S/C18H23F3O3S/c19-18(20,21)25(22,23)24-17-8-6-13(7-9-17)4-5-16-11-14-2-1-3-15(10-14)12-16/h6-9,14-16H,1-5,10-12H2. The van der Waals surface area contributed by atoms with Gasteiger partial charge in [0.25, 0.3) is 0 Å². The number of rotatable bonds is 5. The van der Waals surface area contributed by atoms with E-state index in [0.717, 1.165) is 36.2 Å². The number of halogens is 3. The summed E-state index contributed by atoms with van der Waals surface area (Å²) in [6, 6.07) is 5.86. The van der Waals surface area contributed by atoms with Gasteiger partial charge >= 0.3 is 15.6 Å². The lowest BCUT2D eigenvalue weighted by molar-refractivity contribution is -0.0500. The number of fused-ring (bicyclic) bond motifs is 2. The molecule has 0 saturated heterocycles. The fourth-order valence-corrected chi connectivity index (χ4v) is 4.82. The first-order valence-electron chi connectivity index (χ1n) is 8.82. The zero-order valence-corrected chi connectivity index (χ0v) is 14.8. The molecule has 0 amide bonds. The highest BCUT2D eigenvalue weighted by molar-refractivity contribution is 7.88. The summed E-state index contributed by atoms with van der Waals surface area (Å²) in [5.41, 5.74) is -4.42.